The molecular weight excluding hydrogens is 334 g/mol. The van der Waals surface area contributed by atoms with E-state index in [1.165, 1.54) is 23.5 Å². The van der Waals surface area contributed by atoms with Gasteiger partial charge in [0.15, 0.2) is 9.84 Å². The third-order valence-electron chi connectivity index (χ3n) is 3.25. The lowest BCUT2D eigenvalue weighted by Crippen LogP contribution is -2.22. The zero-order chi connectivity index (χ0) is 16.9. The number of nitrogens with zero attached hydrogens (tertiary/aromatic N) is 2. The molecule has 1 aromatic carbocycles. The molecule has 1 amide bonds. The van der Waals surface area contributed by atoms with Crippen LogP contribution < -0.4 is 5.32 Å². The molecule has 1 N–H and O–H groups in total. The van der Waals surface area contributed by atoms with Gasteiger partial charge in [0.05, 0.1) is 4.90 Å². The van der Waals surface area contributed by atoms with Gasteiger partial charge in [-0.25, -0.2) is 8.42 Å². The zero-order valence-electron chi connectivity index (χ0n) is 13.0. The Morgan fingerprint density at radius 2 is 1.96 bits per heavy atom. The molecule has 0 radical (unpaired) electrons. The van der Waals surface area contributed by atoms with Crippen molar-refractivity contribution in [2.24, 2.45) is 0 Å². The standard InChI is InChI=1S/C15H19N3O3S2/c1-3-7-11(2)14-17-18-15(22-14)16-13(19)10-23(20,21)12-8-5-4-6-9-12/h4-6,8-9,11H,3,7,10H2,1-2H3,(H,16,18,19)/t11-/m0/s1. The van der Waals surface area contributed by atoms with Gasteiger partial charge in [0.25, 0.3) is 0 Å². The smallest absolute Gasteiger partial charge is 0.241 e. The number of anilines is 1. The highest BCUT2D eigenvalue weighted by molar-refractivity contribution is 7.92. The number of rotatable bonds is 7. The van der Waals surface area contributed by atoms with Gasteiger partial charge in [-0.15, -0.1) is 10.2 Å². The van der Waals surface area contributed by atoms with E-state index < -0.39 is 21.5 Å². The summed E-state index contributed by atoms with van der Waals surface area (Å²) in [7, 11) is -3.65. The molecule has 1 atom stereocenters. The maximum atomic E-state index is 12.1. The molecule has 1 heterocycles. The highest BCUT2D eigenvalue weighted by Gasteiger charge is 2.20. The first-order valence-corrected chi connectivity index (χ1v) is 9.80. The van der Waals surface area contributed by atoms with Crippen LogP contribution >= 0.6 is 11.3 Å². The van der Waals surface area contributed by atoms with Crippen LogP contribution in [0.25, 0.3) is 0 Å². The van der Waals surface area contributed by atoms with Crippen LogP contribution in [0.3, 0.4) is 0 Å². The average Bonchev–Trinajstić information content (AvgIpc) is 2.96. The molecule has 0 fully saturated rings. The Morgan fingerprint density at radius 1 is 1.26 bits per heavy atom. The van der Waals surface area contributed by atoms with Crippen LogP contribution in [0, 0.1) is 0 Å². The number of carbonyl (C=O) groups is 1. The molecular formula is C15H19N3O3S2. The summed E-state index contributed by atoms with van der Waals surface area (Å²) in [4.78, 5) is 12.1. The van der Waals surface area contributed by atoms with Crippen LogP contribution in [0.5, 0.6) is 0 Å². The Labute approximate surface area is 139 Å². The zero-order valence-corrected chi connectivity index (χ0v) is 14.7. The largest absolute Gasteiger partial charge is 0.300 e. The quantitative estimate of drug-likeness (QED) is 0.827. The van der Waals surface area contributed by atoms with E-state index in [-0.39, 0.29) is 10.8 Å². The maximum absolute atomic E-state index is 12.1. The van der Waals surface area contributed by atoms with Crippen molar-refractivity contribution in [2.45, 2.75) is 37.5 Å². The summed E-state index contributed by atoms with van der Waals surface area (Å²) in [6.07, 6.45) is 2.03. The summed E-state index contributed by atoms with van der Waals surface area (Å²) in [6.45, 7) is 4.14. The summed E-state index contributed by atoms with van der Waals surface area (Å²) in [5.41, 5.74) is 0. The maximum Gasteiger partial charge on any atom is 0.241 e. The van der Waals surface area contributed by atoms with E-state index in [0.717, 1.165) is 17.8 Å². The third kappa shape index (κ3) is 4.84. The fourth-order valence-corrected chi connectivity index (χ4v) is 4.08. The minimum atomic E-state index is -3.65. The fraction of sp³-hybridized carbons (Fsp3) is 0.400. The minimum absolute atomic E-state index is 0.129. The predicted octanol–water partition coefficient (Wildman–Crippen LogP) is 2.85. The van der Waals surface area contributed by atoms with Gasteiger partial charge in [-0.1, -0.05) is 49.8 Å². The van der Waals surface area contributed by atoms with Crippen molar-refractivity contribution in [3.05, 3.63) is 35.3 Å². The molecule has 0 saturated carbocycles. The van der Waals surface area contributed by atoms with Crippen LogP contribution in [0.1, 0.15) is 37.6 Å². The molecule has 0 aliphatic carbocycles. The number of amides is 1. The Hall–Kier alpha value is -1.80. The monoisotopic (exact) mass is 353 g/mol. The minimum Gasteiger partial charge on any atom is -0.300 e. The molecule has 2 rings (SSSR count). The summed E-state index contributed by atoms with van der Waals surface area (Å²) < 4.78 is 24.3. The van der Waals surface area contributed by atoms with Crippen molar-refractivity contribution in [1.29, 1.82) is 0 Å². The lowest BCUT2D eigenvalue weighted by atomic mass is 10.1. The van der Waals surface area contributed by atoms with Crippen molar-refractivity contribution in [1.82, 2.24) is 10.2 Å². The number of sulfone groups is 1. The molecule has 23 heavy (non-hydrogen) atoms. The van der Waals surface area contributed by atoms with Crippen molar-refractivity contribution >= 4 is 32.2 Å². The molecule has 124 valence electrons. The van der Waals surface area contributed by atoms with Crippen molar-refractivity contribution in [2.75, 3.05) is 11.1 Å². The Balaban J connectivity index is 2.00. The topological polar surface area (TPSA) is 89.0 Å². The lowest BCUT2D eigenvalue weighted by Gasteiger charge is -2.04. The van der Waals surface area contributed by atoms with Gasteiger partial charge in [0.1, 0.15) is 10.8 Å². The SMILES string of the molecule is CCC[C@H](C)c1nnc(NC(=O)CS(=O)(=O)c2ccccc2)s1. The third-order valence-corrected chi connectivity index (χ3v) is 5.96. The van der Waals surface area contributed by atoms with Gasteiger partial charge in [-0.3, -0.25) is 10.1 Å². The molecule has 8 heteroatoms. The first-order valence-electron chi connectivity index (χ1n) is 7.33. The number of benzene rings is 1. The molecule has 2 aromatic rings. The van der Waals surface area contributed by atoms with Gasteiger partial charge in [-0.2, -0.15) is 0 Å². The number of hydrogen-bond acceptors (Lipinski definition) is 6. The second-order valence-electron chi connectivity index (χ2n) is 5.26. The molecule has 0 spiro atoms. The number of carbonyl (C=O) groups excluding carboxylic acids is 1. The second kappa shape index (κ2) is 7.65. The molecule has 0 saturated heterocycles. The van der Waals surface area contributed by atoms with E-state index >= 15 is 0 Å². The molecule has 0 unspecified atom stereocenters. The van der Waals surface area contributed by atoms with Crippen molar-refractivity contribution < 1.29 is 13.2 Å². The van der Waals surface area contributed by atoms with E-state index in [1.54, 1.807) is 18.2 Å². The second-order valence-corrected chi connectivity index (χ2v) is 8.25. The molecule has 1 aromatic heterocycles. The van der Waals surface area contributed by atoms with Gasteiger partial charge < -0.3 is 0 Å². The highest BCUT2D eigenvalue weighted by Crippen LogP contribution is 2.26. The van der Waals surface area contributed by atoms with Gasteiger partial charge >= 0.3 is 0 Å². The predicted molar refractivity (Wildman–Crippen MR) is 90.4 cm³/mol. The normalized spacial score (nSPS) is 12.8. The van der Waals surface area contributed by atoms with E-state index in [4.69, 9.17) is 0 Å². The highest BCUT2D eigenvalue weighted by atomic mass is 32.2. The lowest BCUT2D eigenvalue weighted by molar-refractivity contribution is -0.113. The number of nitrogens with one attached hydrogen (secondary N) is 1. The van der Waals surface area contributed by atoms with Crippen molar-refractivity contribution in [3.8, 4) is 0 Å². The number of aromatic nitrogens is 2. The van der Waals surface area contributed by atoms with Crippen LogP contribution in [0.4, 0.5) is 5.13 Å². The van der Waals surface area contributed by atoms with Crippen LogP contribution in [-0.4, -0.2) is 30.3 Å². The van der Waals surface area contributed by atoms with E-state index in [9.17, 15) is 13.2 Å². The summed E-state index contributed by atoms with van der Waals surface area (Å²) in [6, 6.07) is 7.91. The van der Waals surface area contributed by atoms with Gasteiger partial charge in [-0.05, 0) is 18.6 Å². The molecule has 0 bridgehead atoms. The average molecular weight is 353 g/mol. The molecule has 6 nitrogen and oxygen atoms in total. The van der Waals surface area contributed by atoms with E-state index in [0.29, 0.717) is 5.13 Å². The summed E-state index contributed by atoms with van der Waals surface area (Å²) in [5.74, 6) is -0.952. The van der Waals surface area contributed by atoms with Crippen LogP contribution in [0.15, 0.2) is 35.2 Å². The van der Waals surface area contributed by atoms with Crippen molar-refractivity contribution in [3.63, 3.8) is 0 Å². The first kappa shape index (κ1) is 17.6. The Bertz CT molecular complexity index is 757. The summed E-state index contributed by atoms with van der Waals surface area (Å²) in [5, 5.41) is 11.6. The molecule has 0 aliphatic rings. The van der Waals surface area contributed by atoms with E-state index in [1.807, 2.05) is 0 Å². The van der Waals surface area contributed by atoms with Crippen LogP contribution in [0.2, 0.25) is 0 Å². The Kier molecular flexibility index (Phi) is 5.84. The number of hydrogen-bond donors (Lipinski definition) is 1. The molecule has 0 aliphatic heterocycles. The van der Waals surface area contributed by atoms with E-state index in [2.05, 4.69) is 29.4 Å². The first-order chi connectivity index (χ1) is 10.9. The van der Waals surface area contributed by atoms with Gasteiger partial charge in [0.2, 0.25) is 11.0 Å². The summed E-state index contributed by atoms with van der Waals surface area (Å²) >= 11 is 1.28. The Morgan fingerprint density at radius 3 is 2.61 bits per heavy atom. The van der Waals surface area contributed by atoms with Crippen LogP contribution in [-0.2, 0) is 14.6 Å². The van der Waals surface area contributed by atoms with Gasteiger partial charge in [0, 0.05) is 5.92 Å². The fourth-order valence-electron chi connectivity index (χ4n) is 2.08.